The van der Waals surface area contributed by atoms with Crippen molar-refractivity contribution in [1.29, 1.82) is 0 Å². The second-order valence-electron chi connectivity index (χ2n) is 3.76. The van der Waals surface area contributed by atoms with E-state index in [9.17, 15) is 4.21 Å². The lowest BCUT2D eigenvalue weighted by Gasteiger charge is -2.16. The highest BCUT2D eigenvalue weighted by atomic mass is 32.2. The maximum atomic E-state index is 11.7. The molecule has 1 aliphatic rings. The van der Waals surface area contributed by atoms with Crippen molar-refractivity contribution in [2.75, 3.05) is 30.2 Å². The molecule has 4 heteroatoms. The second-order valence-corrected chi connectivity index (χ2v) is 6.36. The van der Waals surface area contributed by atoms with Crippen LogP contribution in [-0.4, -0.2) is 35.4 Å². The Morgan fingerprint density at radius 1 is 1.05 bits per heavy atom. The Kier molecular flexibility index (Phi) is 13.2. The van der Waals surface area contributed by atoms with Crippen molar-refractivity contribution in [2.45, 2.75) is 41.5 Å². The highest BCUT2D eigenvalue weighted by Gasteiger charge is 2.20. The summed E-state index contributed by atoms with van der Waals surface area (Å²) in [6.45, 7) is 12.8. The zero-order valence-corrected chi connectivity index (χ0v) is 15.6. The van der Waals surface area contributed by atoms with Crippen LogP contribution in [0.5, 0.6) is 5.75 Å². The largest absolute Gasteiger partial charge is 0.497 e. The molecule has 1 aromatic carbocycles. The third-order valence-electron chi connectivity index (χ3n) is 2.56. The average molecular weight is 316 g/mol. The van der Waals surface area contributed by atoms with Gasteiger partial charge >= 0.3 is 0 Å². The molecule has 0 saturated carbocycles. The number of hydrogen-bond donors (Lipinski definition) is 0. The molecule has 0 radical (unpaired) electrons. The third-order valence-corrected chi connectivity index (χ3v) is 4.27. The molecule has 1 atom stereocenters. The highest BCUT2D eigenvalue weighted by Crippen LogP contribution is 2.22. The summed E-state index contributed by atoms with van der Waals surface area (Å²) < 4.78 is 16.8. The maximum Gasteiger partial charge on any atom is 0.119 e. The Labute approximate surface area is 132 Å². The lowest BCUT2D eigenvalue weighted by Crippen LogP contribution is -2.19. The summed E-state index contributed by atoms with van der Waals surface area (Å²) in [5.74, 6) is 5.84. The van der Waals surface area contributed by atoms with Crippen LogP contribution in [0, 0.1) is 0 Å². The number of ether oxygens (including phenoxy) is 1. The minimum atomic E-state index is -1.86. The van der Waals surface area contributed by atoms with Gasteiger partial charge in [-0.15, -0.1) is 0 Å². The summed E-state index contributed by atoms with van der Waals surface area (Å²) in [4.78, 5) is 2.11. The van der Waals surface area contributed by atoms with Crippen LogP contribution in [0.2, 0.25) is 0 Å². The molecule has 1 heterocycles. The van der Waals surface area contributed by atoms with E-state index in [4.69, 9.17) is 4.74 Å². The highest BCUT2D eigenvalue weighted by molar-refractivity contribution is 8.00. The Bertz CT molecular complexity index is 438. The summed E-state index contributed by atoms with van der Waals surface area (Å²) >= 11 is 0. The summed E-state index contributed by atoms with van der Waals surface area (Å²) in [5, 5.41) is 0. The Morgan fingerprint density at radius 2 is 1.52 bits per heavy atom. The predicted octanol–water partition coefficient (Wildman–Crippen LogP) is 4.27. The summed E-state index contributed by atoms with van der Waals surface area (Å²) in [6, 6.07) is 7.80. The molecule has 1 saturated heterocycles. The molecule has 0 N–H and O–H groups in total. The van der Waals surface area contributed by atoms with Gasteiger partial charge in [0.25, 0.3) is 0 Å². The maximum absolute atomic E-state index is 11.7. The number of benzene rings is 1. The van der Waals surface area contributed by atoms with Crippen molar-refractivity contribution < 1.29 is 8.95 Å². The summed E-state index contributed by atoms with van der Waals surface area (Å²) in [5.41, 5.74) is 1.09. The van der Waals surface area contributed by atoms with Gasteiger partial charge in [-0.1, -0.05) is 41.5 Å². The fraction of sp³-hybridized carbons (Fsp3) is 0.588. The van der Waals surface area contributed by atoms with Crippen molar-refractivity contribution in [2.24, 2.45) is 0 Å². The molecule has 0 amide bonds. The van der Waals surface area contributed by atoms with Crippen LogP contribution in [0.4, 0.5) is 5.69 Å². The fourth-order valence-electron chi connectivity index (χ4n) is 1.69. The van der Waals surface area contributed by atoms with Gasteiger partial charge in [0, 0.05) is 18.0 Å². The van der Waals surface area contributed by atoms with Crippen molar-refractivity contribution in [3.63, 3.8) is 0 Å². The average Bonchev–Trinajstić information content (AvgIpc) is 2.93. The molecule has 0 aromatic heterocycles. The molecule has 2 rings (SSSR count). The molecule has 1 aliphatic heterocycles. The Balaban J connectivity index is 0. The SMILES string of the molecule is C=S1(=O)CCN(c2ccc(OC)cc2)C1.CC.CC.CC. The van der Waals surface area contributed by atoms with Crippen molar-refractivity contribution in [3.8, 4) is 5.75 Å². The minimum absolute atomic E-state index is 0.569. The first-order valence-corrected chi connectivity index (χ1v) is 9.89. The molecule has 1 fully saturated rings. The lowest BCUT2D eigenvalue weighted by molar-refractivity contribution is 0.415. The molecular weight excluding hydrogens is 282 g/mol. The van der Waals surface area contributed by atoms with Gasteiger partial charge < -0.3 is 9.64 Å². The monoisotopic (exact) mass is 315 g/mol. The minimum Gasteiger partial charge on any atom is -0.497 e. The van der Waals surface area contributed by atoms with Crippen LogP contribution in [0.25, 0.3) is 0 Å². The first-order valence-electron chi connectivity index (χ1n) is 7.82. The van der Waals surface area contributed by atoms with Gasteiger partial charge in [-0.2, -0.15) is 0 Å². The standard InChI is InChI=1S/C11H15NO2S.3C2H6/c1-14-11-5-3-10(4-6-11)12-7-8-15(2,13)9-12;3*1-2/h3-6H,2,7-9H2,1H3;3*1-2H3. The Hall–Kier alpha value is -1.16. The number of rotatable bonds is 2. The van der Waals surface area contributed by atoms with E-state index < -0.39 is 9.52 Å². The molecule has 124 valence electrons. The van der Waals surface area contributed by atoms with Gasteiger partial charge in [0.2, 0.25) is 0 Å². The van der Waals surface area contributed by atoms with Crippen molar-refractivity contribution in [1.82, 2.24) is 0 Å². The van der Waals surface area contributed by atoms with Crippen LogP contribution in [0.1, 0.15) is 41.5 Å². The molecule has 1 aromatic rings. The van der Waals surface area contributed by atoms with E-state index in [-0.39, 0.29) is 0 Å². The number of methoxy groups -OCH3 is 1. The Morgan fingerprint density at radius 3 is 1.86 bits per heavy atom. The molecule has 1 unspecified atom stereocenters. The van der Waals surface area contributed by atoms with Crippen LogP contribution in [0.15, 0.2) is 24.3 Å². The summed E-state index contributed by atoms with van der Waals surface area (Å²) in [6.07, 6.45) is 0. The molecule has 3 nitrogen and oxygen atoms in total. The normalized spacial score (nSPS) is 19.1. The molecule has 0 spiro atoms. The van der Waals surface area contributed by atoms with Gasteiger partial charge in [0.15, 0.2) is 0 Å². The number of anilines is 1. The van der Waals surface area contributed by atoms with E-state index in [1.165, 1.54) is 0 Å². The van der Waals surface area contributed by atoms with E-state index >= 15 is 0 Å². The van der Waals surface area contributed by atoms with Crippen molar-refractivity contribution >= 4 is 21.1 Å². The van der Waals surface area contributed by atoms with Gasteiger partial charge in [0.1, 0.15) is 5.75 Å². The first kappa shape index (κ1) is 22.1. The van der Waals surface area contributed by atoms with Crippen LogP contribution >= 0.6 is 0 Å². The van der Waals surface area contributed by atoms with Gasteiger partial charge in [-0.3, -0.25) is 4.21 Å². The van der Waals surface area contributed by atoms with Crippen LogP contribution in [-0.2, 0) is 9.52 Å². The third kappa shape index (κ3) is 8.00. The smallest absolute Gasteiger partial charge is 0.119 e. The molecular formula is C17H33NO2S. The zero-order chi connectivity index (χ0) is 16.9. The lowest BCUT2D eigenvalue weighted by atomic mass is 10.3. The van der Waals surface area contributed by atoms with Gasteiger partial charge in [0.05, 0.1) is 13.0 Å². The van der Waals surface area contributed by atoms with Gasteiger partial charge in [-0.25, -0.2) is 0 Å². The van der Waals surface area contributed by atoms with Gasteiger partial charge in [-0.05, 0) is 39.7 Å². The van der Waals surface area contributed by atoms with Crippen LogP contribution < -0.4 is 9.64 Å². The number of hydrogen-bond acceptors (Lipinski definition) is 3. The molecule has 21 heavy (non-hydrogen) atoms. The van der Waals surface area contributed by atoms with E-state index in [0.717, 1.165) is 18.0 Å². The van der Waals surface area contributed by atoms with E-state index in [1.807, 2.05) is 65.8 Å². The van der Waals surface area contributed by atoms with E-state index in [2.05, 4.69) is 10.8 Å². The molecule has 0 aliphatic carbocycles. The number of nitrogens with zero attached hydrogens (tertiary/aromatic N) is 1. The fourth-order valence-corrected chi connectivity index (χ4v) is 3.21. The topological polar surface area (TPSA) is 29.5 Å². The molecule has 0 bridgehead atoms. The van der Waals surface area contributed by atoms with E-state index in [0.29, 0.717) is 11.6 Å². The summed E-state index contributed by atoms with van der Waals surface area (Å²) in [7, 11) is -0.218. The van der Waals surface area contributed by atoms with Crippen molar-refractivity contribution in [3.05, 3.63) is 24.3 Å². The first-order chi connectivity index (χ1) is 10.1. The van der Waals surface area contributed by atoms with E-state index in [1.54, 1.807) is 7.11 Å². The van der Waals surface area contributed by atoms with Crippen LogP contribution in [0.3, 0.4) is 0 Å². The zero-order valence-electron chi connectivity index (χ0n) is 14.8. The quantitative estimate of drug-likeness (QED) is 0.763. The second kappa shape index (κ2) is 12.6. The predicted molar refractivity (Wildman–Crippen MR) is 99.4 cm³/mol.